The normalized spacial score (nSPS) is 32.4. The number of hydrogen-bond donors (Lipinski definition) is 0. The molecule has 0 heterocycles. The largest absolute Gasteiger partial charge is 0.462 e. The van der Waals surface area contributed by atoms with Gasteiger partial charge in [0.15, 0.2) is 0 Å². The summed E-state index contributed by atoms with van der Waals surface area (Å²) in [5.41, 5.74) is -5.50. The molecular formula is C43H75F3O8. The number of carbonyl (C=O) groups excluding carboxylic acids is 4. The first-order chi connectivity index (χ1) is 23.1. The molecule has 1 atom stereocenters. The maximum Gasteiger partial charge on any atom is 0.439 e. The Labute approximate surface area is 325 Å². The minimum absolute atomic E-state index is 0. The number of ether oxygens (including phenoxy) is 4. The zero-order valence-electron chi connectivity index (χ0n) is 31.2. The average Bonchev–Trinajstić information content (AvgIpc) is 3.01. The first-order valence-electron chi connectivity index (χ1n) is 19.0. The third-order valence-electron chi connectivity index (χ3n) is 13.4. The van der Waals surface area contributed by atoms with Gasteiger partial charge >= 0.3 is 30.1 Å². The number of halogens is 3. The maximum absolute atomic E-state index is 13.9. The highest BCUT2D eigenvalue weighted by atomic mass is 19.4. The second-order valence-corrected chi connectivity index (χ2v) is 18.4. The minimum Gasteiger partial charge on any atom is -0.462 e. The van der Waals surface area contributed by atoms with Gasteiger partial charge in [0.1, 0.15) is 18.8 Å². The van der Waals surface area contributed by atoms with Crippen molar-refractivity contribution >= 4 is 23.9 Å². The van der Waals surface area contributed by atoms with E-state index in [1.54, 1.807) is 20.8 Å². The molecule has 8 aliphatic rings. The number of rotatable bonds is 11. The lowest BCUT2D eigenvalue weighted by atomic mass is 9.49. The molecular weight excluding hydrogens is 701 g/mol. The van der Waals surface area contributed by atoms with Crippen LogP contribution in [0.4, 0.5) is 13.2 Å². The molecule has 0 spiro atoms. The molecule has 0 saturated heterocycles. The van der Waals surface area contributed by atoms with E-state index < -0.39 is 47.1 Å². The van der Waals surface area contributed by atoms with Gasteiger partial charge in [-0.1, -0.05) is 43.6 Å². The summed E-state index contributed by atoms with van der Waals surface area (Å²) >= 11 is 0. The Morgan fingerprint density at radius 1 is 0.556 bits per heavy atom. The highest BCUT2D eigenvalue weighted by molar-refractivity contribution is 5.86. The Morgan fingerprint density at radius 2 is 0.889 bits per heavy atom. The molecule has 0 N–H and O–H groups in total. The standard InChI is InChI=1S/C23H33F3O6.C16H26O2.4CH4/c1-5-20(2,3)17(27)30-6-7-31-18(28)21(4,23(24,25)26)32-19(29)22-11-14-8-15(12-22)10-16(9-14)13-22;1-4-15(2,3)14(17)18-16-8-11-5-12(9-16)7-13(6-11)10-16;;;;/h14-16H,5-13H2,1-4H3;11-13H,4-10H2,1-3H3;4*1H4. The highest BCUT2D eigenvalue weighted by Gasteiger charge is 2.65. The third-order valence-corrected chi connectivity index (χ3v) is 13.4. The van der Waals surface area contributed by atoms with E-state index in [4.69, 9.17) is 18.9 Å². The van der Waals surface area contributed by atoms with Gasteiger partial charge < -0.3 is 18.9 Å². The SMILES string of the molecule is C.C.C.C.CCC(C)(C)C(=O)OC12CC3CC(CC(C3)C1)C2.CCC(C)(C)C(=O)OCCOC(=O)C(C)(OC(=O)C12CC3CC(CC(C3)C1)C2)C(F)(F)F. The van der Waals surface area contributed by atoms with Gasteiger partial charge in [0.05, 0.1) is 16.2 Å². The van der Waals surface area contributed by atoms with Gasteiger partial charge in [0.25, 0.3) is 5.60 Å². The van der Waals surface area contributed by atoms with E-state index >= 15 is 0 Å². The molecule has 11 heteroatoms. The van der Waals surface area contributed by atoms with Gasteiger partial charge in [-0.3, -0.25) is 14.4 Å². The molecule has 0 radical (unpaired) electrons. The first-order valence-corrected chi connectivity index (χ1v) is 19.0. The summed E-state index contributed by atoms with van der Waals surface area (Å²) < 4.78 is 62.3. The molecule has 8 fully saturated rings. The van der Waals surface area contributed by atoms with Gasteiger partial charge in [-0.25, -0.2) is 4.79 Å². The molecule has 8 rings (SSSR count). The molecule has 8 saturated carbocycles. The molecule has 0 amide bonds. The van der Waals surface area contributed by atoms with Gasteiger partial charge in [-0.05, 0) is 160 Å². The Bertz CT molecular complexity index is 1230. The van der Waals surface area contributed by atoms with Crippen LogP contribution >= 0.6 is 0 Å². The van der Waals surface area contributed by atoms with Crippen LogP contribution in [0.15, 0.2) is 0 Å². The van der Waals surface area contributed by atoms with Crippen LogP contribution in [-0.2, 0) is 38.1 Å². The lowest BCUT2D eigenvalue weighted by Gasteiger charge is -2.56. The van der Waals surface area contributed by atoms with Gasteiger partial charge in [-0.15, -0.1) is 0 Å². The lowest BCUT2D eigenvalue weighted by molar-refractivity contribution is -0.272. The van der Waals surface area contributed by atoms with Gasteiger partial charge in [0, 0.05) is 0 Å². The zero-order valence-corrected chi connectivity index (χ0v) is 31.2. The van der Waals surface area contributed by atoms with E-state index in [2.05, 4.69) is 6.92 Å². The second kappa shape index (κ2) is 17.9. The summed E-state index contributed by atoms with van der Waals surface area (Å²) in [4.78, 5) is 49.7. The van der Waals surface area contributed by atoms with Crippen LogP contribution in [0.1, 0.15) is 168 Å². The first kappa shape index (κ1) is 49.7. The van der Waals surface area contributed by atoms with Crippen molar-refractivity contribution < 1.29 is 51.3 Å². The smallest absolute Gasteiger partial charge is 0.439 e. The zero-order chi connectivity index (χ0) is 36.9. The van der Waals surface area contributed by atoms with Crippen molar-refractivity contribution in [2.45, 2.75) is 185 Å². The quantitative estimate of drug-likeness (QED) is 0.116. The van der Waals surface area contributed by atoms with Gasteiger partial charge in [0.2, 0.25) is 0 Å². The number of carbonyl (C=O) groups is 4. The third kappa shape index (κ3) is 10.1. The molecule has 8 aliphatic carbocycles. The molecule has 0 aliphatic heterocycles. The number of alkyl halides is 3. The highest BCUT2D eigenvalue weighted by Crippen LogP contribution is 2.61. The summed E-state index contributed by atoms with van der Waals surface area (Å²) in [5.74, 6) is 0.351. The molecule has 8 bridgehead atoms. The summed E-state index contributed by atoms with van der Waals surface area (Å²) in [6.07, 6.45) is 8.43. The van der Waals surface area contributed by atoms with Crippen molar-refractivity contribution in [1.82, 2.24) is 0 Å². The van der Waals surface area contributed by atoms with Crippen molar-refractivity contribution in [3.05, 3.63) is 0 Å². The Balaban J connectivity index is 0.000000567. The van der Waals surface area contributed by atoms with Crippen molar-refractivity contribution in [1.29, 1.82) is 0 Å². The number of esters is 4. The van der Waals surface area contributed by atoms with Crippen LogP contribution in [-0.4, -0.2) is 54.5 Å². The summed E-state index contributed by atoms with van der Waals surface area (Å²) in [6.45, 7) is 10.8. The molecule has 0 aromatic rings. The van der Waals surface area contributed by atoms with E-state index in [1.807, 2.05) is 13.8 Å². The molecule has 0 aromatic carbocycles. The lowest BCUT2D eigenvalue weighted by Crippen LogP contribution is -2.58. The van der Waals surface area contributed by atoms with Crippen LogP contribution < -0.4 is 0 Å². The fourth-order valence-corrected chi connectivity index (χ4v) is 10.3. The predicted octanol–water partition coefficient (Wildman–Crippen LogP) is 11.1. The number of hydrogen-bond acceptors (Lipinski definition) is 8. The van der Waals surface area contributed by atoms with Gasteiger partial charge in [-0.2, -0.15) is 13.2 Å². The van der Waals surface area contributed by atoms with E-state index in [9.17, 15) is 32.3 Å². The van der Waals surface area contributed by atoms with Crippen molar-refractivity contribution in [2.75, 3.05) is 13.2 Å². The van der Waals surface area contributed by atoms with Crippen LogP contribution in [0.2, 0.25) is 0 Å². The Morgan fingerprint density at radius 3 is 1.24 bits per heavy atom. The van der Waals surface area contributed by atoms with Crippen LogP contribution in [0.25, 0.3) is 0 Å². The van der Waals surface area contributed by atoms with Crippen LogP contribution in [0.3, 0.4) is 0 Å². The Hall–Kier alpha value is -2.33. The second-order valence-electron chi connectivity index (χ2n) is 18.4. The summed E-state index contributed by atoms with van der Waals surface area (Å²) in [5, 5.41) is 0. The van der Waals surface area contributed by atoms with Crippen molar-refractivity contribution in [3.63, 3.8) is 0 Å². The van der Waals surface area contributed by atoms with Crippen LogP contribution in [0.5, 0.6) is 0 Å². The molecule has 0 aromatic heterocycles. The van der Waals surface area contributed by atoms with Crippen molar-refractivity contribution in [3.8, 4) is 0 Å². The van der Waals surface area contributed by atoms with E-state index in [-0.39, 0.29) is 53.3 Å². The fraction of sp³-hybridized carbons (Fsp3) is 0.907. The molecule has 316 valence electrons. The van der Waals surface area contributed by atoms with E-state index in [1.165, 1.54) is 19.3 Å². The maximum atomic E-state index is 13.9. The minimum atomic E-state index is -5.15. The molecule has 54 heavy (non-hydrogen) atoms. The summed E-state index contributed by atoms with van der Waals surface area (Å²) in [6, 6.07) is 0. The predicted molar refractivity (Wildman–Crippen MR) is 205 cm³/mol. The fourth-order valence-electron chi connectivity index (χ4n) is 10.3. The van der Waals surface area contributed by atoms with Crippen molar-refractivity contribution in [2.24, 2.45) is 51.8 Å². The average molecular weight is 777 g/mol. The molecule has 8 nitrogen and oxygen atoms in total. The van der Waals surface area contributed by atoms with E-state index in [0.29, 0.717) is 50.4 Å². The van der Waals surface area contributed by atoms with Crippen LogP contribution in [0, 0.1) is 51.8 Å². The molecule has 1 unspecified atom stereocenters. The summed E-state index contributed by atoms with van der Waals surface area (Å²) in [7, 11) is 0. The topological polar surface area (TPSA) is 105 Å². The monoisotopic (exact) mass is 777 g/mol. The Kier molecular flexibility index (Phi) is 16.4. The van der Waals surface area contributed by atoms with E-state index in [0.717, 1.165) is 62.7 Å².